The van der Waals surface area contributed by atoms with Crippen LogP contribution in [0.2, 0.25) is 0 Å². The number of sulfonamides is 2. The number of anilines is 1. The molecule has 4 atom stereocenters. The second kappa shape index (κ2) is 16.0. The van der Waals surface area contributed by atoms with E-state index in [9.17, 15) is 26.7 Å². The molecule has 15 heteroatoms. The van der Waals surface area contributed by atoms with Crippen LogP contribution in [0.3, 0.4) is 0 Å². The first-order valence-corrected chi connectivity index (χ1v) is 19.3. The van der Waals surface area contributed by atoms with Gasteiger partial charge >= 0.3 is 0 Å². The number of ether oxygens (including phenoxy) is 2. The molecule has 0 aliphatic carbocycles. The lowest BCUT2D eigenvalue weighted by Crippen LogP contribution is -2.48. The highest BCUT2D eigenvalue weighted by Crippen LogP contribution is 2.30. The van der Waals surface area contributed by atoms with E-state index in [1.165, 1.54) is 34.5 Å². The summed E-state index contributed by atoms with van der Waals surface area (Å²) in [6, 6.07) is 10.3. The zero-order valence-electron chi connectivity index (χ0n) is 29.2. The van der Waals surface area contributed by atoms with Crippen molar-refractivity contribution in [2.24, 2.45) is 5.92 Å². The second-order valence-electron chi connectivity index (χ2n) is 12.9. The van der Waals surface area contributed by atoms with Crippen LogP contribution in [0.25, 0.3) is 0 Å². The van der Waals surface area contributed by atoms with Gasteiger partial charge in [-0.05, 0) is 84.2 Å². The van der Waals surface area contributed by atoms with E-state index in [4.69, 9.17) is 14.0 Å². The molecule has 1 aromatic heterocycles. The lowest BCUT2D eigenvalue weighted by Gasteiger charge is -2.35. The van der Waals surface area contributed by atoms with E-state index < -0.39 is 44.0 Å². The molecular weight excluding hydrogens is 673 g/mol. The zero-order valence-corrected chi connectivity index (χ0v) is 30.8. The predicted molar refractivity (Wildman–Crippen MR) is 185 cm³/mol. The quantitative estimate of drug-likeness (QED) is 0.321. The summed E-state index contributed by atoms with van der Waals surface area (Å²) in [5, 5.41) is 14.0. The molecule has 4 rings (SSSR count). The van der Waals surface area contributed by atoms with Crippen molar-refractivity contribution in [3.05, 3.63) is 65.0 Å². The first-order valence-electron chi connectivity index (χ1n) is 16.4. The molecule has 1 aliphatic heterocycles. The summed E-state index contributed by atoms with van der Waals surface area (Å²) in [5.74, 6) is -0.406. The first-order chi connectivity index (χ1) is 23.0. The number of carbonyl (C=O) groups excluding carboxylic acids is 1. The highest BCUT2D eigenvalue weighted by molar-refractivity contribution is 7.92. The number of hydrogen-bond acceptors (Lipinski definition) is 10. The van der Waals surface area contributed by atoms with Gasteiger partial charge in [-0.1, -0.05) is 29.8 Å². The van der Waals surface area contributed by atoms with Gasteiger partial charge in [0, 0.05) is 38.3 Å². The molecular formula is C34H48N4O9S2. The Kier molecular flexibility index (Phi) is 12.5. The Morgan fingerprint density at radius 1 is 1.06 bits per heavy atom. The number of fused-ring (bicyclic) bond motifs is 1. The number of nitrogens with one attached hydrogen (secondary N) is 1. The minimum atomic E-state index is -3.97. The molecule has 3 aromatic rings. The molecule has 0 fully saturated rings. The number of amides is 1. The number of hydrogen-bond donors (Lipinski definition) is 2. The van der Waals surface area contributed by atoms with Gasteiger partial charge in [-0.25, -0.2) is 16.8 Å². The number of aliphatic hydroxyl groups excluding tert-OH is 1. The standard InChI is InChI=1S/C34H48N4O9S2/c1-22-11-14-29(15-12-22)48(41,42)36-28-13-16-31-30(18-28)34(40)38(24(3)21-39)19-23(2)32(45-17-9-8-10-25(4)46-31)20-37(7)49(43,44)33-26(5)35-47-27(33)6/h11-16,18,23-25,32,36,39H,8-10,17,19-21H2,1-7H3/t23-,24-,25+,32-/m0/s1. The third-order valence-corrected chi connectivity index (χ3v) is 12.2. The fourth-order valence-corrected chi connectivity index (χ4v) is 8.25. The van der Waals surface area contributed by atoms with Gasteiger partial charge in [0.15, 0.2) is 5.76 Å². The molecule has 49 heavy (non-hydrogen) atoms. The van der Waals surface area contributed by atoms with Crippen LogP contribution in [-0.2, 0) is 24.8 Å². The molecule has 0 unspecified atom stereocenters. The van der Waals surface area contributed by atoms with Crippen molar-refractivity contribution in [2.75, 3.05) is 38.1 Å². The highest BCUT2D eigenvalue weighted by atomic mass is 32.2. The fraction of sp³-hybridized carbons (Fsp3) is 0.529. The van der Waals surface area contributed by atoms with Crippen LogP contribution in [0.1, 0.15) is 67.4 Å². The molecule has 2 heterocycles. The third-order valence-electron chi connectivity index (χ3n) is 8.71. The number of benzene rings is 2. The minimum absolute atomic E-state index is 0.00801. The largest absolute Gasteiger partial charge is 0.490 e. The van der Waals surface area contributed by atoms with Crippen molar-refractivity contribution in [1.82, 2.24) is 14.4 Å². The summed E-state index contributed by atoms with van der Waals surface area (Å²) in [4.78, 5) is 16.0. The number of likely N-dealkylation sites (N-methyl/N-ethyl adjacent to an activating group) is 1. The van der Waals surface area contributed by atoms with E-state index in [-0.39, 0.29) is 64.0 Å². The van der Waals surface area contributed by atoms with E-state index >= 15 is 0 Å². The van der Waals surface area contributed by atoms with Crippen LogP contribution < -0.4 is 9.46 Å². The fourth-order valence-electron chi connectivity index (χ4n) is 5.73. The van der Waals surface area contributed by atoms with Gasteiger partial charge in [-0.2, -0.15) is 4.31 Å². The van der Waals surface area contributed by atoms with Crippen LogP contribution in [0.15, 0.2) is 56.8 Å². The Balaban J connectivity index is 1.69. The lowest BCUT2D eigenvalue weighted by molar-refractivity contribution is -0.00835. The van der Waals surface area contributed by atoms with Crippen LogP contribution in [0.4, 0.5) is 5.69 Å². The molecule has 0 saturated carbocycles. The number of rotatable bonds is 9. The topological polar surface area (TPSA) is 169 Å². The maximum atomic E-state index is 14.4. The lowest BCUT2D eigenvalue weighted by atomic mass is 10.0. The number of aliphatic hydroxyl groups is 1. The summed E-state index contributed by atoms with van der Waals surface area (Å²) in [6.07, 6.45) is 1.19. The van der Waals surface area contributed by atoms with Gasteiger partial charge in [0.1, 0.15) is 16.3 Å². The van der Waals surface area contributed by atoms with Crippen molar-refractivity contribution in [2.45, 2.75) is 88.8 Å². The molecule has 0 saturated heterocycles. The van der Waals surface area contributed by atoms with Gasteiger partial charge in [-0.3, -0.25) is 9.52 Å². The van der Waals surface area contributed by atoms with E-state index in [1.54, 1.807) is 45.0 Å². The molecule has 1 amide bonds. The van der Waals surface area contributed by atoms with Crippen molar-refractivity contribution in [3.63, 3.8) is 0 Å². The van der Waals surface area contributed by atoms with Gasteiger partial charge in [0.2, 0.25) is 10.0 Å². The normalized spacial score (nSPS) is 20.7. The van der Waals surface area contributed by atoms with E-state index in [1.807, 2.05) is 20.8 Å². The molecule has 13 nitrogen and oxygen atoms in total. The SMILES string of the molecule is Cc1ccc(S(=O)(=O)Nc2ccc3c(c2)C(=O)N([C@@H](C)CO)C[C@H](C)[C@H](CN(C)S(=O)(=O)c2c(C)noc2C)OCCCC[C@@H](C)O3)cc1. The van der Waals surface area contributed by atoms with E-state index in [0.717, 1.165) is 12.0 Å². The minimum Gasteiger partial charge on any atom is -0.490 e. The van der Waals surface area contributed by atoms with Crippen molar-refractivity contribution < 1.29 is 40.7 Å². The summed E-state index contributed by atoms with van der Waals surface area (Å²) in [7, 11) is -6.47. The zero-order chi connectivity index (χ0) is 36.1. The van der Waals surface area contributed by atoms with Crippen LogP contribution >= 0.6 is 0 Å². The van der Waals surface area contributed by atoms with Crippen LogP contribution in [-0.4, -0.2) is 93.8 Å². The van der Waals surface area contributed by atoms with E-state index in [0.29, 0.717) is 19.4 Å². The summed E-state index contributed by atoms with van der Waals surface area (Å²) in [6.45, 7) is 10.5. The molecule has 0 bridgehead atoms. The molecule has 1 aliphatic rings. The number of carbonyl (C=O) groups is 1. The van der Waals surface area contributed by atoms with Crippen molar-refractivity contribution in [3.8, 4) is 5.75 Å². The first kappa shape index (κ1) is 38.3. The monoisotopic (exact) mass is 720 g/mol. The number of aromatic nitrogens is 1. The molecule has 2 N–H and O–H groups in total. The van der Waals surface area contributed by atoms with Gasteiger partial charge < -0.3 is 24.0 Å². The Bertz CT molecular complexity index is 1790. The Hall–Kier alpha value is -3.50. The van der Waals surface area contributed by atoms with Crippen LogP contribution in [0.5, 0.6) is 5.75 Å². The number of aryl methyl sites for hydroxylation is 3. The predicted octanol–water partition coefficient (Wildman–Crippen LogP) is 4.52. The Morgan fingerprint density at radius 2 is 1.76 bits per heavy atom. The van der Waals surface area contributed by atoms with Crippen molar-refractivity contribution in [1.29, 1.82) is 0 Å². The smallest absolute Gasteiger partial charge is 0.261 e. The Morgan fingerprint density at radius 3 is 2.39 bits per heavy atom. The third kappa shape index (κ3) is 9.19. The van der Waals surface area contributed by atoms with E-state index in [2.05, 4.69) is 9.88 Å². The van der Waals surface area contributed by atoms with Gasteiger partial charge in [-0.15, -0.1) is 0 Å². The molecule has 0 radical (unpaired) electrons. The maximum Gasteiger partial charge on any atom is 0.261 e. The number of nitrogens with zero attached hydrogens (tertiary/aromatic N) is 3. The highest BCUT2D eigenvalue weighted by Gasteiger charge is 2.34. The van der Waals surface area contributed by atoms with Crippen LogP contribution in [0, 0.1) is 26.7 Å². The summed E-state index contributed by atoms with van der Waals surface area (Å²) < 4.78 is 75.0. The molecule has 270 valence electrons. The van der Waals surface area contributed by atoms with Gasteiger partial charge in [0.25, 0.3) is 15.9 Å². The van der Waals surface area contributed by atoms with Gasteiger partial charge in [0.05, 0.1) is 35.3 Å². The summed E-state index contributed by atoms with van der Waals surface area (Å²) in [5.41, 5.74) is 1.46. The summed E-state index contributed by atoms with van der Waals surface area (Å²) >= 11 is 0. The second-order valence-corrected chi connectivity index (χ2v) is 16.5. The molecule has 0 spiro atoms. The Labute approximate surface area is 289 Å². The van der Waals surface area contributed by atoms with Crippen molar-refractivity contribution >= 4 is 31.6 Å². The average molecular weight is 721 g/mol. The maximum absolute atomic E-state index is 14.4. The molecule has 2 aromatic carbocycles. The average Bonchev–Trinajstić information content (AvgIpc) is 3.40.